The number of halogens is 1. The van der Waals surface area contributed by atoms with E-state index in [1.807, 2.05) is 0 Å². The monoisotopic (exact) mass is 255 g/mol. The lowest BCUT2D eigenvalue weighted by Crippen LogP contribution is -2.22. The molecule has 1 atom stereocenters. The van der Waals surface area contributed by atoms with Crippen LogP contribution in [0.2, 0.25) is 0 Å². The number of fused-ring (bicyclic) bond motifs is 1. The molecule has 1 unspecified atom stereocenters. The molecule has 1 heterocycles. The SMILES string of the molecule is Cc1cc2c(c(C)c1Br)C(N)CCO2. The molecular formula is C11H14BrNO. The van der Waals surface area contributed by atoms with Crippen LogP contribution in [0.25, 0.3) is 0 Å². The molecule has 3 heteroatoms. The minimum atomic E-state index is 0.121. The predicted octanol–water partition coefficient (Wildman–Crippen LogP) is 2.85. The largest absolute Gasteiger partial charge is 0.493 e. The normalized spacial score (nSPS) is 20.1. The summed E-state index contributed by atoms with van der Waals surface area (Å²) >= 11 is 3.57. The Balaban J connectivity index is 2.64. The van der Waals surface area contributed by atoms with Crippen LogP contribution in [-0.4, -0.2) is 6.61 Å². The first-order valence-corrected chi connectivity index (χ1v) is 5.58. The Hall–Kier alpha value is -0.540. The zero-order valence-electron chi connectivity index (χ0n) is 8.43. The molecule has 0 saturated heterocycles. The lowest BCUT2D eigenvalue weighted by atomic mass is 9.95. The van der Waals surface area contributed by atoms with E-state index in [1.54, 1.807) is 0 Å². The summed E-state index contributed by atoms with van der Waals surface area (Å²) in [5, 5.41) is 0. The maximum atomic E-state index is 6.07. The molecule has 1 aromatic carbocycles. The average molecular weight is 256 g/mol. The fraction of sp³-hybridized carbons (Fsp3) is 0.455. The molecule has 1 aliphatic rings. The van der Waals surface area contributed by atoms with Gasteiger partial charge in [-0.2, -0.15) is 0 Å². The fourth-order valence-corrected chi connectivity index (χ4v) is 2.29. The van der Waals surface area contributed by atoms with Crippen LogP contribution in [0.3, 0.4) is 0 Å². The molecule has 1 aromatic rings. The van der Waals surface area contributed by atoms with Gasteiger partial charge in [-0.15, -0.1) is 0 Å². The molecule has 2 N–H and O–H groups in total. The Morgan fingerprint density at radius 2 is 2.21 bits per heavy atom. The topological polar surface area (TPSA) is 35.2 Å². The van der Waals surface area contributed by atoms with Crippen LogP contribution in [0.4, 0.5) is 0 Å². The molecule has 0 spiro atoms. The molecule has 2 rings (SSSR count). The van der Waals surface area contributed by atoms with E-state index < -0.39 is 0 Å². The first-order valence-electron chi connectivity index (χ1n) is 4.79. The van der Waals surface area contributed by atoms with Crippen molar-refractivity contribution in [3.8, 4) is 5.75 Å². The predicted molar refractivity (Wildman–Crippen MR) is 60.7 cm³/mol. The highest BCUT2D eigenvalue weighted by Gasteiger charge is 2.22. The summed E-state index contributed by atoms with van der Waals surface area (Å²) in [6, 6.07) is 2.18. The third kappa shape index (κ3) is 1.44. The Kier molecular flexibility index (Phi) is 2.54. The molecule has 0 amide bonds. The lowest BCUT2D eigenvalue weighted by Gasteiger charge is -2.26. The standard InChI is InChI=1S/C11H14BrNO/c1-6-5-9-10(7(2)11(6)12)8(13)3-4-14-9/h5,8H,3-4,13H2,1-2H3. The molecule has 14 heavy (non-hydrogen) atoms. The third-order valence-electron chi connectivity index (χ3n) is 2.75. The number of nitrogens with two attached hydrogens (primary N) is 1. The number of aryl methyl sites for hydroxylation is 1. The molecule has 0 aliphatic carbocycles. The Morgan fingerprint density at radius 1 is 1.50 bits per heavy atom. The van der Waals surface area contributed by atoms with Crippen molar-refractivity contribution in [2.45, 2.75) is 26.3 Å². The number of hydrogen-bond donors (Lipinski definition) is 1. The van der Waals surface area contributed by atoms with Crippen molar-refractivity contribution < 1.29 is 4.74 Å². The van der Waals surface area contributed by atoms with Crippen molar-refractivity contribution in [1.29, 1.82) is 0 Å². The highest BCUT2D eigenvalue weighted by molar-refractivity contribution is 9.10. The minimum absolute atomic E-state index is 0.121. The Labute approximate surface area is 92.6 Å². The summed E-state index contributed by atoms with van der Waals surface area (Å²) in [5.41, 5.74) is 9.65. The van der Waals surface area contributed by atoms with Gasteiger partial charge in [-0.1, -0.05) is 15.9 Å². The van der Waals surface area contributed by atoms with E-state index in [-0.39, 0.29) is 6.04 Å². The summed E-state index contributed by atoms with van der Waals surface area (Å²) in [7, 11) is 0. The molecule has 1 aliphatic heterocycles. The second kappa shape index (κ2) is 3.55. The highest BCUT2D eigenvalue weighted by Crippen LogP contribution is 2.38. The number of rotatable bonds is 0. The van der Waals surface area contributed by atoms with Gasteiger partial charge >= 0.3 is 0 Å². The molecule has 76 valence electrons. The van der Waals surface area contributed by atoms with E-state index in [2.05, 4.69) is 35.8 Å². The molecule has 2 nitrogen and oxygen atoms in total. The minimum Gasteiger partial charge on any atom is -0.493 e. The molecular weight excluding hydrogens is 242 g/mol. The van der Waals surface area contributed by atoms with Gasteiger partial charge in [0.05, 0.1) is 6.61 Å². The highest BCUT2D eigenvalue weighted by atomic mass is 79.9. The van der Waals surface area contributed by atoms with Crippen molar-refractivity contribution in [3.05, 3.63) is 27.2 Å². The first kappa shape index (κ1) is 9.99. The van der Waals surface area contributed by atoms with Crippen LogP contribution >= 0.6 is 15.9 Å². The molecule has 0 bridgehead atoms. The van der Waals surface area contributed by atoms with Gasteiger partial charge in [-0.3, -0.25) is 0 Å². The number of benzene rings is 1. The van der Waals surface area contributed by atoms with Crippen LogP contribution in [0.5, 0.6) is 5.75 Å². The zero-order chi connectivity index (χ0) is 10.3. The van der Waals surface area contributed by atoms with E-state index in [1.165, 1.54) is 11.1 Å². The van der Waals surface area contributed by atoms with E-state index in [0.717, 1.165) is 28.8 Å². The molecule has 0 saturated carbocycles. The third-order valence-corrected chi connectivity index (χ3v) is 3.97. The summed E-state index contributed by atoms with van der Waals surface area (Å²) < 4.78 is 6.76. The van der Waals surface area contributed by atoms with Crippen molar-refractivity contribution in [2.75, 3.05) is 6.61 Å². The summed E-state index contributed by atoms with van der Waals surface area (Å²) in [4.78, 5) is 0. The van der Waals surface area contributed by atoms with E-state index in [4.69, 9.17) is 10.5 Å². The summed E-state index contributed by atoms with van der Waals surface area (Å²) in [6.45, 7) is 4.89. The van der Waals surface area contributed by atoms with Gasteiger partial charge in [0, 0.05) is 22.5 Å². The maximum absolute atomic E-state index is 6.07. The van der Waals surface area contributed by atoms with Crippen LogP contribution < -0.4 is 10.5 Å². The summed E-state index contributed by atoms with van der Waals surface area (Å²) in [5.74, 6) is 0.960. The van der Waals surface area contributed by atoms with Crippen LogP contribution in [0.15, 0.2) is 10.5 Å². The Morgan fingerprint density at radius 3 is 2.93 bits per heavy atom. The van der Waals surface area contributed by atoms with Gasteiger partial charge in [0.15, 0.2) is 0 Å². The van der Waals surface area contributed by atoms with Crippen LogP contribution in [0.1, 0.15) is 29.2 Å². The van der Waals surface area contributed by atoms with Gasteiger partial charge in [0.1, 0.15) is 5.75 Å². The van der Waals surface area contributed by atoms with Gasteiger partial charge < -0.3 is 10.5 Å². The molecule has 0 radical (unpaired) electrons. The van der Waals surface area contributed by atoms with Crippen LogP contribution in [0, 0.1) is 13.8 Å². The average Bonchev–Trinajstić information content (AvgIpc) is 2.14. The van der Waals surface area contributed by atoms with Gasteiger partial charge in [-0.05, 0) is 31.0 Å². The number of hydrogen-bond acceptors (Lipinski definition) is 2. The second-order valence-corrected chi connectivity index (χ2v) is 4.58. The molecule has 0 aromatic heterocycles. The summed E-state index contributed by atoms with van der Waals surface area (Å²) in [6.07, 6.45) is 0.906. The van der Waals surface area contributed by atoms with Crippen LogP contribution in [-0.2, 0) is 0 Å². The van der Waals surface area contributed by atoms with E-state index in [0.29, 0.717) is 0 Å². The molecule has 0 fully saturated rings. The van der Waals surface area contributed by atoms with Gasteiger partial charge in [0.25, 0.3) is 0 Å². The fourth-order valence-electron chi connectivity index (χ4n) is 1.96. The van der Waals surface area contributed by atoms with Crippen molar-refractivity contribution >= 4 is 15.9 Å². The zero-order valence-corrected chi connectivity index (χ0v) is 10.0. The second-order valence-electron chi connectivity index (χ2n) is 3.79. The Bertz CT molecular complexity index is 376. The number of ether oxygens (including phenoxy) is 1. The van der Waals surface area contributed by atoms with E-state index in [9.17, 15) is 0 Å². The quantitative estimate of drug-likeness (QED) is 0.774. The van der Waals surface area contributed by atoms with Crippen molar-refractivity contribution in [3.63, 3.8) is 0 Å². The van der Waals surface area contributed by atoms with Gasteiger partial charge in [-0.25, -0.2) is 0 Å². The lowest BCUT2D eigenvalue weighted by molar-refractivity contribution is 0.268. The van der Waals surface area contributed by atoms with Crippen molar-refractivity contribution in [2.24, 2.45) is 5.73 Å². The van der Waals surface area contributed by atoms with Gasteiger partial charge in [0.2, 0.25) is 0 Å². The smallest absolute Gasteiger partial charge is 0.124 e. The van der Waals surface area contributed by atoms with E-state index >= 15 is 0 Å². The van der Waals surface area contributed by atoms with Crippen molar-refractivity contribution in [1.82, 2.24) is 0 Å². The first-order chi connectivity index (χ1) is 6.61. The maximum Gasteiger partial charge on any atom is 0.124 e.